The number of amides is 4. The zero-order valence-corrected chi connectivity index (χ0v) is 46.9. The van der Waals surface area contributed by atoms with E-state index in [-0.39, 0.29) is 66.1 Å². The Balaban J connectivity index is 1.55. The second kappa shape index (κ2) is 27.4. The molecule has 430 valence electrons. The van der Waals surface area contributed by atoms with Crippen molar-refractivity contribution < 1.29 is 90.5 Å². The Morgan fingerprint density at radius 3 is 2.22 bits per heavy atom. The molecule has 2 fully saturated rings. The van der Waals surface area contributed by atoms with Crippen molar-refractivity contribution in [3.05, 3.63) is 24.9 Å². The number of hydrogen-bond acceptors (Lipinski definition) is 25. The second-order valence-corrected chi connectivity index (χ2v) is 26.2. The number of amidine groups is 1. The van der Waals surface area contributed by atoms with Crippen LogP contribution in [0.1, 0.15) is 94.2 Å². The monoisotopic (exact) mass is 1160 g/mol. The van der Waals surface area contributed by atoms with Gasteiger partial charge >= 0.3 is 204 Å². The predicted molar refractivity (Wildman–Crippen MR) is 276 cm³/mol. The minimum atomic E-state index is -5.30. The molecular formula is C42H71N11O19P2S2. The van der Waals surface area contributed by atoms with E-state index in [1.165, 1.54) is 32.5 Å². The van der Waals surface area contributed by atoms with Crippen LogP contribution in [0.25, 0.3) is 11.2 Å². The molecule has 0 spiro atoms. The maximum absolute atomic E-state index is 14.2. The normalized spacial score (nSPS) is 23.1. The van der Waals surface area contributed by atoms with E-state index in [1.54, 1.807) is 41.5 Å². The third-order valence-corrected chi connectivity index (χ3v) is 15.1. The van der Waals surface area contributed by atoms with Gasteiger partial charge in [-0.15, -0.1) is 0 Å². The first-order valence-electron chi connectivity index (χ1n) is 23.6. The van der Waals surface area contributed by atoms with Gasteiger partial charge in [0, 0.05) is 17.0 Å². The number of fused-ring (bicyclic) bond motifs is 1. The van der Waals surface area contributed by atoms with Crippen molar-refractivity contribution in [1.29, 1.82) is 5.41 Å². The van der Waals surface area contributed by atoms with Crippen LogP contribution in [-0.2, 0) is 56.2 Å². The number of aliphatic hydroxyl groups is 1. The summed E-state index contributed by atoms with van der Waals surface area (Å²) < 4.78 is 58.7. The van der Waals surface area contributed by atoms with E-state index in [2.05, 4.69) is 30.9 Å². The molecule has 4 rings (SSSR count). The average Bonchev–Trinajstić information content (AvgIpc) is 3.97. The van der Waals surface area contributed by atoms with Crippen molar-refractivity contribution >= 4 is 90.9 Å². The van der Waals surface area contributed by atoms with Gasteiger partial charge in [-0.05, 0) is 60.8 Å². The Hall–Kier alpha value is -4.53. The van der Waals surface area contributed by atoms with E-state index in [4.69, 9.17) is 54.1 Å². The predicted octanol–water partition coefficient (Wildman–Crippen LogP) is 1.76. The van der Waals surface area contributed by atoms with Gasteiger partial charge in [-0.1, -0.05) is 42.4 Å². The quantitative estimate of drug-likeness (QED) is 0.00934. The molecule has 0 aromatic carbocycles. The van der Waals surface area contributed by atoms with Crippen LogP contribution in [0, 0.1) is 5.41 Å². The molecule has 0 radical (unpaired) electrons. The topological polar surface area (TPSA) is 436 Å². The third-order valence-electron chi connectivity index (χ3n) is 10.1. The number of nitrogen functional groups attached to an aromatic ring is 1. The van der Waals surface area contributed by atoms with Crippen molar-refractivity contribution in [2.24, 2.45) is 5.73 Å². The fraction of sp³-hybridized carbons (Fsp3) is 0.690. The van der Waals surface area contributed by atoms with Crippen LogP contribution in [0.2, 0.25) is 0 Å². The first-order valence-corrected chi connectivity index (χ1v) is 29.1. The number of aliphatic hydroxyl groups excluding tert-OH is 1. The number of nitrogens with two attached hydrogens (primary N) is 2. The van der Waals surface area contributed by atoms with Crippen LogP contribution in [0.4, 0.5) is 15.4 Å². The zero-order valence-electron chi connectivity index (χ0n) is 43.3. The number of ether oxygens (including phenoxy) is 5. The fourth-order valence-electron chi connectivity index (χ4n) is 6.99. The third kappa shape index (κ3) is 21.4. The van der Waals surface area contributed by atoms with Crippen LogP contribution in [-0.4, -0.2) is 176 Å². The molecule has 2 aliphatic rings. The molecule has 1 unspecified atom stereocenters. The van der Waals surface area contributed by atoms with Crippen molar-refractivity contribution in [3.8, 4) is 0 Å². The first kappa shape index (κ1) is 64.0. The summed E-state index contributed by atoms with van der Waals surface area (Å²) in [6.07, 6.45) is -8.09. The average molecular weight is 1160 g/mol. The summed E-state index contributed by atoms with van der Waals surface area (Å²) in [5, 5.41) is 27.2. The number of phosphoric ester groups is 1. The van der Waals surface area contributed by atoms with Gasteiger partial charge in [-0.3, -0.25) is 4.79 Å². The van der Waals surface area contributed by atoms with Gasteiger partial charge in [0.25, 0.3) is 0 Å². The molecule has 10 atom stereocenters. The van der Waals surface area contributed by atoms with Gasteiger partial charge < -0.3 is 31.2 Å². The second-order valence-electron chi connectivity index (χ2n) is 20.2. The Bertz CT molecular complexity index is 2400. The summed E-state index contributed by atoms with van der Waals surface area (Å²) in [7, 11) is -7.56. The van der Waals surface area contributed by atoms with E-state index >= 15 is 0 Å². The van der Waals surface area contributed by atoms with Crippen molar-refractivity contribution in [2.45, 2.75) is 159 Å². The van der Waals surface area contributed by atoms with Gasteiger partial charge in [0.15, 0.2) is 11.5 Å². The molecule has 0 saturated carbocycles. The zero-order chi connectivity index (χ0) is 57.0. The van der Waals surface area contributed by atoms with Gasteiger partial charge in [0.05, 0.1) is 6.33 Å². The van der Waals surface area contributed by atoms with E-state index in [9.17, 15) is 53.2 Å². The molecule has 76 heavy (non-hydrogen) atoms. The van der Waals surface area contributed by atoms with Crippen LogP contribution >= 0.6 is 37.6 Å². The van der Waals surface area contributed by atoms with Gasteiger partial charge in [-0.2, -0.15) is 0 Å². The maximum atomic E-state index is 14.2. The number of carbonyl (C=O) groups is 5. The van der Waals surface area contributed by atoms with E-state index in [1.807, 2.05) is 20.8 Å². The molecule has 34 heteroatoms. The fourth-order valence-corrected chi connectivity index (χ4v) is 10.8. The van der Waals surface area contributed by atoms with Crippen LogP contribution in [0.5, 0.6) is 0 Å². The van der Waals surface area contributed by atoms with Gasteiger partial charge in [0.2, 0.25) is 5.91 Å². The summed E-state index contributed by atoms with van der Waals surface area (Å²) in [5.74, 6) is -1.88. The van der Waals surface area contributed by atoms with Crippen LogP contribution in [0.15, 0.2) is 24.9 Å². The number of rotatable bonds is 26. The summed E-state index contributed by atoms with van der Waals surface area (Å²) in [5.41, 5.74) is 9.69. The molecule has 4 heterocycles. The molecule has 2 aromatic heterocycles. The van der Waals surface area contributed by atoms with Crippen molar-refractivity contribution in [3.63, 3.8) is 0 Å². The Morgan fingerprint density at radius 1 is 0.987 bits per heavy atom. The van der Waals surface area contributed by atoms with E-state index in [0.29, 0.717) is 0 Å². The number of alkyl carbamates (subject to hydrolysis) is 2. The molecule has 2 aliphatic heterocycles. The minimum absolute atomic E-state index is 0.0300. The van der Waals surface area contributed by atoms with Crippen LogP contribution < -0.4 is 27.4 Å². The molecule has 0 aliphatic carbocycles. The van der Waals surface area contributed by atoms with E-state index in [0.717, 1.165) is 23.5 Å². The number of hydrogen-bond donors (Lipinski definition) is 11. The molecule has 0 bridgehead atoms. The van der Waals surface area contributed by atoms with Crippen molar-refractivity contribution in [2.75, 3.05) is 31.2 Å². The standard InChI is InChI=1S/C42H71N11O19P2S2/c1-40(2,3)70-38(58)50-23(12-10-11-14-46-35(56)24(19-75-76-42(7,8)9)51-39(59)71-41(4,5)6)37(57)69-32-27(68-36(31(32)55)53-21-49-30-33(45)47-20-48-34(30)53)18-66-74(63,64)72-25-16-29(52(22-54)15-13-28(43)44)67-26(25)17-65-73(60,61)62/h13,15,20-27,29,31-32,36,55,60-62,73H,10-12,14,16-19H2,1-9H3,(H3,43,44)(H,46,56)(H,50,58)(H,51,59)(H,63,64)(H2,45,47,48)/b15-13-/t23-,24-,25-,26+,27+,29+,31+,32+,36+/m0/s1. The Kier molecular flexibility index (Phi) is 23.0. The Labute approximate surface area is 446 Å². The molecule has 13 N–H and O–H groups in total. The summed E-state index contributed by atoms with van der Waals surface area (Å²) >= 11 is 0. The Morgan fingerprint density at radius 2 is 1.63 bits per heavy atom. The summed E-state index contributed by atoms with van der Waals surface area (Å²) in [6, 6.07) is -2.44. The number of aromatic nitrogens is 4. The van der Waals surface area contributed by atoms with Gasteiger partial charge in [-0.25, -0.2) is 29.3 Å². The SMILES string of the molecule is CC(C)(C)OC(=O)N[C@@H](CSSC(C)(C)C)C(=O)NCCCC[C@H](NC(=O)OC(C)(C)C)C(=O)O[C@H]1[C@@H](O)[C@H](n2cnc3c(N)ncnc32)O[C@@H]1COP(=O)(O)O[C@H]1C[C@H](N(C=O)/C=C\C(=N)N)O[C@@H]1CO[PH](O)(O)O. The summed E-state index contributed by atoms with van der Waals surface area (Å²) in [4.78, 5) is 118. The molecule has 2 saturated heterocycles. The molecule has 2 aromatic rings. The molecule has 4 amide bonds. The number of imidazole rings is 1. The first-order chi connectivity index (χ1) is 35.1. The summed E-state index contributed by atoms with van der Waals surface area (Å²) in [6.45, 7) is 14.2. The number of nitrogens with zero attached hydrogens (tertiary/aromatic N) is 5. The van der Waals surface area contributed by atoms with E-state index < -0.39 is 125 Å². The number of esters is 1. The van der Waals surface area contributed by atoms with Crippen molar-refractivity contribution in [1.82, 2.24) is 40.4 Å². The molecule has 30 nitrogen and oxygen atoms in total. The van der Waals surface area contributed by atoms with Gasteiger partial charge in [0.1, 0.15) is 35.1 Å². The van der Waals surface area contributed by atoms with Crippen LogP contribution in [0.3, 0.4) is 0 Å². The molecular weight excluding hydrogens is 1090 g/mol. The number of unbranched alkanes of at least 4 members (excludes halogenated alkanes) is 1. The number of anilines is 1. The number of carbonyl (C=O) groups excluding carboxylic acids is 5. The number of nitrogens with one attached hydrogen (secondary N) is 4. The number of phosphoric acid groups is 1.